The lowest BCUT2D eigenvalue weighted by molar-refractivity contribution is 0.353. The van der Waals surface area contributed by atoms with Crippen LogP contribution in [0, 0.1) is 11.3 Å². The van der Waals surface area contributed by atoms with Crippen molar-refractivity contribution >= 4 is 22.3 Å². The first-order chi connectivity index (χ1) is 28.0. The Morgan fingerprint density at radius 1 is 0.667 bits per heavy atom. The van der Waals surface area contributed by atoms with Crippen LogP contribution in [0.1, 0.15) is 91.1 Å². The van der Waals surface area contributed by atoms with Crippen molar-refractivity contribution in [2.75, 3.05) is 0 Å². The summed E-state index contributed by atoms with van der Waals surface area (Å²) in [4.78, 5) is 14.4. The minimum Gasteiger partial charge on any atom is -0.208 e. The molecule has 5 aromatic carbocycles. The van der Waals surface area contributed by atoms with Crippen LogP contribution >= 0.6 is 0 Å². The van der Waals surface area contributed by atoms with E-state index in [0.717, 1.165) is 47.9 Å². The number of nitrogens with zero attached hydrogens (tertiary/aromatic N) is 4. The molecular formula is C53H44N4. The van der Waals surface area contributed by atoms with E-state index in [1.54, 1.807) is 0 Å². The van der Waals surface area contributed by atoms with Crippen LogP contribution < -0.4 is 0 Å². The molecule has 6 aromatic rings. The van der Waals surface area contributed by atoms with Crippen molar-refractivity contribution in [2.24, 2.45) is 0 Å². The van der Waals surface area contributed by atoms with Crippen molar-refractivity contribution in [1.82, 2.24) is 15.0 Å². The van der Waals surface area contributed by atoms with Gasteiger partial charge in [0.15, 0.2) is 17.5 Å². The Hall–Kier alpha value is -6.70. The monoisotopic (exact) mass is 736 g/mol. The van der Waals surface area contributed by atoms with Crippen LogP contribution in [0.25, 0.3) is 56.2 Å². The molecule has 0 amide bonds. The number of hydrogen-bond donors (Lipinski definition) is 0. The second-order valence-electron chi connectivity index (χ2n) is 15.5. The number of nitriles is 1. The molecule has 276 valence electrons. The van der Waals surface area contributed by atoms with Gasteiger partial charge in [0.2, 0.25) is 0 Å². The summed E-state index contributed by atoms with van der Waals surface area (Å²) >= 11 is 0. The molecule has 0 aliphatic heterocycles. The van der Waals surface area contributed by atoms with Crippen molar-refractivity contribution in [3.8, 4) is 40.0 Å². The zero-order chi connectivity index (χ0) is 38.8. The van der Waals surface area contributed by atoms with Gasteiger partial charge < -0.3 is 0 Å². The predicted molar refractivity (Wildman–Crippen MR) is 235 cm³/mol. The van der Waals surface area contributed by atoms with Crippen molar-refractivity contribution in [2.45, 2.75) is 57.3 Å². The van der Waals surface area contributed by atoms with E-state index in [1.807, 2.05) is 78.9 Å². The molecule has 1 saturated carbocycles. The van der Waals surface area contributed by atoms with Gasteiger partial charge in [-0.15, -0.1) is 0 Å². The molecule has 0 bridgehead atoms. The molecule has 0 atom stereocenters. The number of allylic oxidation sites excluding steroid dienone is 9. The second-order valence-corrected chi connectivity index (χ2v) is 15.5. The SMILES string of the molecule is C=C(/C=C\C=C(/C)c1cccc(C2=CC=C(c3cccc4c3-c3ccc(C#N)cc3C43CCCCC3)CC2)c1)c1nc(-c2ccccc2)nc(-c2ccccc2)n1. The predicted octanol–water partition coefficient (Wildman–Crippen LogP) is 13.2. The zero-order valence-corrected chi connectivity index (χ0v) is 32.4. The summed E-state index contributed by atoms with van der Waals surface area (Å²) in [6.45, 7) is 6.48. The normalized spacial score (nSPS) is 15.8. The molecule has 1 fully saturated rings. The molecule has 9 rings (SSSR count). The lowest BCUT2D eigenvalue weighted by Crippen LogP contribution is -2.28. The minimum absolute atomic E-state index is 0.0286. The second kappa shape index (κ2) is 15.4. The van der Waals surface area contributed by atoms with E-state index in [4.69, 9.17) is 15.0 Å². The lowest BCUT2D eigenvalue weighted by Gasteiger charge is -2.36. The Morgan fingerprint density at radius 2 is 1.33 bits per heavy atom. The third kappa shape index (κ3) is 6.91. The quantitative estimate of drug-likeness (QED) is 0.146. The van der Waals surface area contributed by atoms with Crippen LogP contribution in [-0.2, 0) is 5.41 Å². The Kier molecular flexibility index (Phi) is 9.74. The molecule has 1 aromatic heterocycles. The number of rotatable bonds is 8. The van der Waals surface area contributed by atoms with Crippen LogP contribution in [0.5, 0.6) is 0 Å². The molecule has 3 aliphatic carbocycles. The molecule has 0 N–H and O–H groups in total. The number of hydrogen-bond acceptors (Lipinski definition) is 4. The van der Waals surface area contributed by atoms with Gasteiger partial charge in [0, 0.05) is 22.1 Å². The summed E-state index contributed by atoms with van der Waals surface area (Å²) in [5, 5.41) is 9.79. The van der Waals surface area contributed by atoms with E-state index in [1.165, 1.54) is 69.4 Å². The van der Waals surface area contributed by atoms with E-state index < -0.39 is 0 Å². The summed E-state index contributed by atoms with van der Waals surface area (Å²) in [7, 11) is 0. The average molecular weight is 737 g/mol. The van der Waals surface area contributed by atoms with E-state index in [9.17, 15) is 5.26 Å². The average Bonchev–Trinajstić information content (AvgIpc) is 3.54. The number of benzene rings is 5. The fourth-order valence-electron chi connectivity index (χ4n) is 9.07. The summed E-state index contributed by atoms with van der Waals surface area (Å²) < 4.78 is 0. The Labute approximate surface area is 336 Å². The van der Waals surface area contributed by atoms with Crippen molar-refractivity contribution in [1.29, 1.82) is 5.26 Å². The topological polar surface area (TPSA) is 62.5 Å². The Morgan fingerprint density at radius 3 is 2.02 bits per heavy atom. The van der Waals surface area contributed by atoms with Crippen molar-refractivity contribution < 1.29 is 0 Å². The summed E-state index contributed by atoms with van der Waals surface area (Å²) in [6.07, 6.45) is 18.9. The molecule has 3 aliphatic rings. The molecule has 1 heterocycles. The summed E-state index contributed by atoms with van der Waals surface area (Å²) in [5.41, 5.74) is 16.6. The Balaban J connectivity index is 0.961. The highest BCUT2D eigenvalue weighted by Crippen LogP contribution is 2.57. The highest BCUT2D eigenvalue weighted by Gasteiger charge is 2.44. The first-order valence-corrected chi connectivity index (χ1v) is 20.1. The molecule has 4 heteroatoms. The molecule has 57 heavy (non-hydrogen) atoms. The van der Waals surface area contributed by atoms with Gasteiger partial charge in [-0.3, -0.25) is 0 Å². The Bertz CT molecular complexity index is 2620. The van der Waals surface area contributed by atoms with Gasteiger partial charge in [-0.05, 0) is 106 Å². The fourth-order valence-corrected chi connectivity index (χ4v) is 9.07. The molecule has 4 nitrogen and oxygen atoms in total. The van der Waals surface area contributed by atoms with Crippen LogP contribution in [0.3, 0.4) is 0 Å². The van der Waals surface area contributed by atoms with Gasteiger partial charge in [-0.1, -0.05) is 159 Å². The molecule has 1 spiro atoms. The first-order valence-electron chi connectivity index (χ1n) is 20.1. The van der Waals surface area contributed by atoms with Gasteiger partial charge in [0.05, 0.1) is 11.6 Å². The smallest absolute Gasteiger partial charge is 0.164 e. The minimum atomic E-state index is 0.0286. The zero-order valence-electron chi connectivity index (χ0n) is 32.4. The van der Waals surface area contributed by atoms with Gasteiger partial charge in [0.1, 0.15) is 0 Å². The van der Waals surface area contributed by atoms with Gasteiger partial charge in [-0.25, -0.2) is 15.0 Å². The number of aromatic nitrogens is 3. The van der Waals surface area contributed by atoms with Crippen molar-refractivity contribution in [3.05, 3.63) is 197 Å². The van der Waals surface area contributed by atoms with Crippen LogP contribution in [-0.4, -0.2) is 15.0 Å². The fraction of sp³-hybridized carbons (Fsp3) is 0.170. The van der Waals surface area contributed by atoms with Crippen LogP contribution in [0.4, 0.5) is 0 Å². The molecular weight excluding hydrogens is 693 g/mol. The third-order valence-corrected chi connectivity index (χ3v) is 12.0. The lowest BCUT2D eigenvalue weighted by atomic mass is 9.67. The van der Waals surface area contributed by atoms with Crippen LogP contribution in [0.2, 0.25) is 0 Å². The molecule has 0 saturated heterocycles. The van der Waals surface area contributed by atoms with E-state index in [2.05, 4.69) is 92.4 Å². The van der Waals surface area contributed by atoms with Crippen molar-refractivity contribution in [3.63, 3.8) is 0 Å². The highest BCUT2D eigenvalue weighted by molar-refractivity contribution is 5.92. The maximum absolute atomic E-state index is 9.79. The standard InChI is InChI=1S/C53H44N4/c1-36(15-12-16-37(2)50-55-51(41-17-6-3-7-18-41)57-52(56-50)42-19-8-4-9-20-42)43-21-13-22-44(34-43)39-26-28-40(29-27-39)45-23-14-24-47-49(45)46-30-25-38(35-54)33-48(46)53(47)31-10-5-11-32-53/h3-4,6-9,12-26,28,30,33-34H,2,5,10-11,27,29,31-32H2,1H3/b16-12-,36-15+. The molecule has 0 radical (unpaired) electrons. The van der Waals surface area contributed by atoms with E-state index in [-0.39, 0.29) is 5.41 Å². The maximum Gasteiger partial charge on any atom is 0.164 e. The van der Waals surface area contributed by atoms with Gasteiger partial charge in [-0.2, -0.15) is 5.26 Å². The maximum atomic E-state index is 9.79. The third-order valence-electron chi connectivity index (χ3n) is 12.0. The van der Waals surface area contributed by atoms with Gasteiger partial charge in [0.25, 0.3) is 0 Å². The summed E-state index contributed by atoms with van der Waals surface area (Å²) in [5.74, 6) is 1.80. The summed E-state index contributed by atoms with van der Waals surface area (Å²) in [6, 6.07) is 44.6. The van der Waals surface area contributed by atoms with E-state index in [0.29, 0.717) is 23.0 Å². The van der Waals surface area contributed by atoms with Gasteiger partial charge >= 0.3 is 0 Å². The largest absolute Gasteiger partial charge is 0.208 e. The number of fused-ring (bicyclic) bond motifs is 5. The van der Waals surface area contributed by atoms with Crippen LogP contribution in [0.15, 0.2) is 158 Å². The highest BCUT2D eigenvalue weighted by atomic mass is 15.0. The van der Waals surface area contributed by atoms with E-state index >= 15 is 0 Å². The molecule has 0 unspecified atom stereocenters. The first kappa shape index (κ1) is 36.0.